The molecule has 0 atom stereocenters. The van der Waals surface area contributed by atoms with E-state index in [0.29, 0.717) is 16.7 Å². The second kappa shape index (κ2) is 7.99. The van der Waals surface area contributed by atoms with Gasteiger partial charge in [0.2, 0.25) is 0 Å². The second-order valence-electron chi connectivity index (χ2n) is 7.37. The second-order valence-corrected chi connectivity index (χ2v) is 7.37. The first kappa shape index (κ1) is 20.2. The molecule has 0 bridgehead atoms. The van der Waals surface area contributed by atoms with Gasteiger partial charge < -0.3 is 10.1 Å². The Morgan fingerprint density at radius 2 is 1.52 bits per heavy atom. The van der Waals surface area contributed by atoms with Crippen molar-refractivity contribution < 1.29 is 23.9 Å². The SMILES string of the molecule is Cc1ccc(C(=O)OCC(=O)Nc2cccc3c2C(=O)c2ccccc2C3=O)c(C)c1. The fraction of sp³-hybridized carbons (Fsp3) is 0.120. The molecule has 0 radical (unpaired) electrons. The molecule has 0 aliphatic heterocycles. The molecule has 6 heteroatoms. The molecule has 1 N–H and O–H groups in total. The standard InChI is InChI=1S/C25H19NO5/c1-14-10-11-16(15(2)12-14)25(30)31-13-21(27)26-20-9-5-8-19-22(20)24(29)18-7-4-3-6-17(18)23(19)28/h3-12H,13H2,1-2H3,(H,26,27). The van der Waals surface area contributed by atoms with Crippen LogP contribution >= 0.6 is 0 Å². The van der Waals surface area contributed by atoms with E-state index in [1.807, 2.05) is 13.0 Å². The fourth-order valence-corrected chi connectivity index (χ4v) is 3.69. The van der Waals surface area contributed by atoms with Crippen molar-refractivity contribution in [2.45, 2.75) is 13.8 Å². The molecule has 0 fully saturated rings. The van der Waals surface area contributed by atoms with Crippen LogP contribution in [0, 0.1) is 13.8 Å². The molecule has 1 aliphatic carbocycles. The van der Waals surface area contributed by atoms with E-state index in [1.54, 1.807) is 61.5 Å². The lowest BCUT2D eigenvalue weighted by Crippen LogP contribution is -2.26. The largest absolute Gasteiger partial charge is 0.452 e. The summed E-state index contributed by atoms with van der Waals surface area (Å²) in [5.41, 5.74) is 3.36. The van der Waals surface area contributed by atoms with Crippen LogP contribution in [0.15, 0.2) is 60.7 Å². The number of ether oxygens (including phenoxy) is 1. The van der Waals surface area contributed by atoms with Gasteiger partial charge in [0.15, 0.2) is 18.2 Å². The molecule has 1 aliphatic rings. The van der Waals surface area contributed by atoms with Gasteiger partial charge in [0.25, 0.3) is 5.91 Å². The number of amides is 1. The van der Waals surface area contributed by atoms with Gasteiger partial charge in [-0.1, -0.05) is 54.1 Å². The maximum absolute atomic E-state index is 13.0. The van der Waals surface area contributed by atoms with Gasteiger partial charge in [0, 0.05) is 16.7 Å². The molecule has 0 saturated carbocycles. The number of nitrogens with one attached hydrogen (secondary N) is 1. The van der Waals surface area contributed by atoms with E-state index in [9.17, 15) is 19.2 Å². The van der Waals surface area contributed by atoms with Gasteiger partial charge in [0.1, 0.15) is 0 Å². The minimum absolute atomic E-state index is 0.139. The van der Waals surface area contributed by atoms with Crippen LogP contribution in [-0.4, -0.2) is 30.0 Å². The summed E-state index contributed by atoms with van der Waals surface area (Å²) in [5.74, 6) is -1.83. The molecule has 3 aromatic carbocycles. The molecule has 0 unspecified atom stereocenters. The summed E-state index contributed by atoms with van der Waals surface area (Å²) in [7, 11) is 0. The third-order valence-electron chi connectivity index (χ3n) is 5.16. The van der Waals surface area contributed by atoms with Crippen LogP contribution in [0.5, 0.6) is 0 Å². The number of esters is 1. The van der Waals surface area contributed by atoms with Gasteiger partial charge in [-0.25, -0.2) is 4.79 Å². The third-order valence-corrected chi connectivity index (χ3v) is 5.16. The average Bonchev–Trinajstić information content (AvgIpc) is 2.76. The van der Waals surface area contributed by atoms with E-state index in [4.69, 9.17) is 4.74 Å². The Kier molecular flexibility index (Phi) is 5.21. The zero-order chi connectivity index (χ0) is 22.1. The number of carbonyl (C=O) groups is 4. The van der Waals surface area contributed by atoms with Gasteiger partial charge in [-0.3, -0.25) is 14.4 Å². The highest BCUT2D eigenvalue weighted by Crippen LogP contribution is 2.31. The van der Waals surface area contributed by atoms with E-state index < -0.39 is 18.5 Å². The van der Waals surface area contributed by atoms with Crippen molar-refractivity contribution in [2.24, 2.45) is 0 Å². The number of fused-ring (bicyclic) bond motifs is 2. The first-order chi connectivity index (χ1) is 14.9. The Labute approximate surface area is 178 Å². The fourth-order valence-electron chi connectivity index (χ4n) is 3.69. The monoisotopic (exact) mass is 413 g/mol. The topological polar surface area (TPSA) is 89.5 Å². The smallest absolute Gasteiger partial charge is 0.338 e. The van der Waals surface area contributed by atoms with Crippen LogP contribution < -0.4 is 5.32 Å². The molecule has 0 heterocycles. The lowest BCUT2D eigenvalue weighted by Gasteiger charge is -2.20. The van der Waals surface area contributed by atoms with Crippen molar-refractivity contribution in [1.82, 2.24) is 0 Å². The summed E-state index contributed by atoms with van der Waals surface area (Å²) < 4.78 is 5.13. The summed E-state index contributed by atoms with van der Waals surface area (Å²) in [5, 5.41) is 2.59. The molecule has 1 amide bonds. The maximum Gasteiger partial charge on any atom is 0.338 e. The number of ketones is 2. The molecule has 154 valence electrons. The molecule has 6 nitrogen and oxygen atoms in total. The number of anilines is 1. The van der Waals surface area contributed by atoms with E-state index in [-0.39, 0.29) is 28.4 Å². The van der Waals surface area contributed by atoms with E-state index in [2.05, 4.69) is 5.32 Å². The number of rotatable bonds is 4. The number of aryl methyl sites for hydroxylation is 2. The van der Waals surface area contributed by atoms with Crippen molar-refractivity contribution in [3.63, 3.8) is 0 Å². The van der Waals surface area contributed by atoms with Crippen LogP contribution in [0.3, 0.4) is 0 Å². The first-order valence-electron chi connectivity index (χ1n) is 9.72. The quantitative estimate of drug-likeness (QED) is 0.513. The van der Waals surface area contributed by atoms with Crippen LogP contribution in [0.2, 0.25) is 0 Å². The molecule has 0 saturated heterocycles. The zero-order valence-electron chi connectivity index (χ0n) is 17.0. The molecular weight excluding hydrogens is 394 g/mol. The Bertz CT molecular complexity index is 1260. The predicted octanol–water partition coefficient (Wildman–Crippen LogP) is 3.87. The molecular formula is C25H19NO5. The average molecular weight is 413 g/mol. The maximum atomic E-state index is 13.0. The molecule has 3 aromatic rings. The van der Waals surface area contributed by atoms with Crippen LogP contribution in [0.4, 0.5) is 5.69 Å². The highest BCUT2D eigenvalue weighted by Gasteiger charge is 2.31. The lowest BCUT2D eigenvalue weighted by molar-refractivity contribution is -0.119. The number of carbonyl (C=O) groups excluding carboxylic acids is 4. The predicted molar refractivity (Wildman–Crippen MR) is 115 cm³/mol. The highest BCUT2D eigenvalue weighted by molar-refractivity contribution is 6.30. The van der Waals surface area contributed by atoms with Crippen LogP contribution in [0.25, 0.3) is 0 Å². The molecule has 31 heavy (non-hydrogen) atoms. The van der Waals surface area contributed by atoms with Crippen molar-refractivity contribution in [3.05, 3.63) is 99.6 Å². The summed E-state index contributed by atoms with van der Waals surface area (Å²) in [6.07, 6.45) is 0. The lowest BCUT2D eigenvalue weighted by atomic mass is 9.83. The molecule has 0 aromatic heterocycles. The number of hydrogen-bond acceptors (Lipinski definition) is 5. The van der Waals surface area contributed by atoms with Gasteiger partial charge >= 0.3 is 5.97 Å². The number of benzene rings is 3. The van der Waals surface area contributed by atoms with Gasteiger partial charge in [-0.2, -0.15) is 0 Å². The third kappa shape index (κ3) is 3.75. The van der Waals surface area contributed by atoms with Crippen molar-refractivity contribution in [2.75, 3.05) is 11.9 Å². The molecule has 4 rings (SSSR count). The first-order valence-corrected chi connectivity index (χ1v) is 9.72. The van der Waals surface area contributed by atoms with Gasteiger partial charge in [-0.05, 0) is 31.5 Å². The van der Waals surface area contributed by atoms with Crippen molar-refractivity contribution in [3.8, 4) is 0 Å². The van der Waals surface area contributed by atoms with E-state index >= 15 is 0 Å². The zero-order valence-corrected chi connectivity index (χ0v) is 17.0. The van der Waals surface area contributed by atoms with E-state index in [0.717, 1.165) is 11.1 Å². The Balaban J connectivity index is 1.52. The minimum Gasteiger partial charge on any atom is -0.452 e. The summed E-state index contributed by atoms with van der Waals surface area (Å²) in [6, 6.07) is 16.6. The Morgan fingerprint density at radius 3 is 2.23 bits per heavy atom. The van der Waals surface area contributed by atoms with Gasteiger partial charge in [0.05, 0.1) is 16.8 Å². The van der Waals surface area contributed by atoms with Crippen LogP contribution in [0.1, 0.15) is 53.3 Å². The Hall–Kier alpha value is -4.06. The van der Waals surface area contributed by atoms with Crippen LogP contribution in [-0.2, 0) is 9.53 Å². The van der Waals surface area contributed by atoms with Crippen molar-refractivity contribution in [1.29, 1.82) is 0 Å². The number of hydrogen-bond donors (Lipinski definition) is 1. The minimum atomic E-state index is -0.608. The summed E-state index contributed by atoms with van der Waals surface area (Å²) in [6.45, 7) is 3.19. The normalized spacial score (nSPS) is 12.1. The highest BCUT2D eigenvalue weighted by atomic mass is 16.5. The summed E-state index contributed by atoms with van der Waals surface area (Å²) >= 11 is 0. The Morgan fingerprint density at radius 1 is 0.839 bits per heavy atom. The van der Waals surface area contributed by atoms with Crippen molar-refractivity contribution >= 4 is 29.1 Å². The molecule has 0 spiro atoms. The summed E-state index contributed by atoms with van der Waals surface area (Å²) in [4.78, 5) is 50.5. The van der Waals surface area contributed by atoms with E-state index in [1.165, 1.54) is 0 Å². The van der Waals surface area contributed by atoms with Gasteiger partial charge in [-0.15, -0.1) is 0 Å².